The fraction of sp³-hybridized carbons (Fsp3) is 0.333. The highest BCUT2D eigenvalue weighted by Gasteiger charge is 2.11. The third-order valence-corrected chi connectivity index (χ3v) is 6.12. The van der Waals surface area contributed by atoms with Gasteiger partial charge in [0.15, 0.2) is 10.3 Å². The van der Waals surface area contributed by atoms with E-state index in [4.69, 9.17) is 0 Å². The Bertz CT molecular complexity index is 733. The first-order valence-corrected chi connectivity index (χ1v) is 10.2. The van der Waals surface area contributed by atoms with Gasteiger partial charge in [-0.3, -0.25) is 9.98 Å². The Morgan fingerprint density at radius 2 is 1.25 bits per heavy atom. The lowest BCUT2D eigenvalue weighted by atomic mass is 10.0. The van der Waals surface area contributed by atoms with E-state index >= 15 is 0 Å². The molecule has 0 unspecified atom stereocenters. The molecule has 0 atom stereocenters. The number of thioether (sulfide) groups is 2. The van der Waals surface area contributed by atoms with E-state index < -0.39 is 0 Å². The van der Waals surface area contributed by atoms with E-state index in [9.17, 15) is 0 Å². The average Bonchev–Trinajstić information content (AvgIpc) is 3.31. The number of aliphatic imine (C=N–C) groups is 2. The van der Waals surface area contributed by atoms with Crippen molar-refractivity contribution in [1.29, 1.82) is 0 Å². The van der Waals surface area contributed by atoms with E-state index in [1.54, 1.807) is 23.5 Å². The van der Waals surface area contributed by atoms with Crippen molar-refractivity contribution in [3.63, 3.8) is 0 Å². The van der Waals surface area contributed by atoms with Gasteiger partial charge in [-0.15, -0.1) is 0 Å². The summed E-state index contributed by atoms with van der Waals surface area (Å²) in [7, 11) is 0. The summed E-state index contributed by atoms with van der Waals surface area (Å²) < 4.78 is 0. The second kappa shape index (κ2) is 7.49. The SMILES string of the molecule is c1cc(CSC2=NCCN2)c2cccc(CSC3=NCCN3)c2c1. The van der Waals surface area contributed by atoms with E-state index in [1.165, 1.54) is 21.9 Å². The summed E-state index contributed by atoms with van der Waals surface area (Å²) in [5, 5.41) is 11.5. The van der Waals surface area contributed by atoms with Gasteiger partial charge in [0.05, 0.1) is 13.1 Å². The Balaban J connectivity index is 1.54. The van der Waals surface area contributed by atoms with Crippen molar-refractivity contribution >= 4 is 44.6 Å². The van der Waals surface area contributed by atoms with Crippen LogP contribution in [0.4, 0.5) is 0 Å². The molecule has 0 saturated carbocycles. The quantitative estimate of drug-likeness (QED) is 0.883. The molecule has 4 rings (SSSR count). The molecule has 2 aliphatic heterocycles. The van der Waals surface area contributed by atoms with E-state index in [1.807, 2.05) is 0 Å². The third kappa shape index (κ3) is 3.54. The topological polar surface area (TPSA) is 48.8 Å². The lowest BCUT2D eigenvalue weighted by Crippen LogP contribution is -2.15. The zero-order valence-corrected chi connectivity index (χ0v) is 15.1. The number of nitrogens with zero attached hydrogens (tertiary/aromatic N) is 2. The smallest absolute Gasteiger partial charge is 0.157 e. The largest absolute Gasteiger partial charge is 0.363 e. The molecule has 2 aliphatic rings. The Morgan fingerprint density at radius 3 is 1.67 bits per heavy atom. The van der Waals surface area contributed by atoms with Gasteiger partial charge in [-0.1, -0.05) is 59.9 Å². The highest BCUT2D eigenvalue weighted by atomic mass is 32.2. The minimum Gasteiger partial charge on any atom is -0.363 e. The molecule has 0 spiro atoms. The maximum absolute atomic E-state index is 4.47. The molecule has 0 radical (unpaired) electrons. The van der Waals surface area contributed by atoms with Gasteiger partial charge in [-0.2, -0.15) is 0 Å². The molecule has 0 fully saturated rings. The number of benzene rings is 2. The highest BCUT2D eigenvalue weighted by Crippen LogP contribution is 2.28. The molecule has 24 heavy (non-hydrogen) atoms. The molecule has 4 nitrogen and oxygen atoms in total. The van der Waals surface area contributed by atoms with E-state index in [2.05, 4.69) is 57.0 Å². The van der Waals surface area contributed by atoms with Crippen LogP contribution in [0, 0.1) is 0 Å². The second-order valence-corrected chi connectivity index (χ2v) is 7.66. The first-order valence-electron chi connectivity index (χ1n) is 8.22. The summed E-state index contributed by atoms with van der Waals surface area (Å²) in [6.07, 6.45) is 0. The maximum Gasteiger partial charge on any atom is 0.157 e. The summed E-state index contributed by atoms with van der Waals surface area (Å²) in [4.78, 5) is 8.93. The molecule has 0 aromatic heterocycles. The standard InChI is InChI=1S/C18H20N4S2/c1-3-13(11-23-17-19-7-8-20-17)16-6-2-4-14(15(16)5-1)12-24-18-21-9-10-22-18/h1-6H,7-12H2,(H,19,20)(H,21,22). The van der Waals surface area contributed by atoms with Gasteiger partial charge in [-0.25, -0.2) is 0 Å². The van der Waals surface area contributed by atoms with Gasteiger partial charge in [-0.05, 0) is 21.9 Å². The van der Waals surface area contributed by atoms with E-state index in [0.717, 1.165) is 48.0 Å². The van der Waals surface area contributed by atoms with Crippen LogP contribution in [0.3, 0.4) is 0 Å². The predicted molar refractivity (Wildman–Crippen MR) is 107 cm³/mol. The number of hydrogen-bond donors (Lipinski definition) is 2. The normalized spacial score (nSPS) is 16.7. The van der Waals surface area contributed by atoms with Gasteiger partial charge < -0.3 is 10.6 Å². The Hall–Kier alpha value is -1.66. The molecule has 6 heteroatoms. The molecule has 0 amide bonds. The summed E-state index contributed by atoms with van der Waals surface area (Å²) in [6.45, 7) is 3.74. The summed E-state index contributed by atoms with van der Waals surface area (Å²) >= 11 is 3.59. The van der Waals surface area contributed by atoms with Crippen LogP contribution in [0.2, 0.25) is 0 Å². The van der Waals surface area contributed by atoms with Crippen molar-refractivity contribution < 1.29 is 0 Å². The van der Waals surface area contributed by atoms with Crippen LogP contribution in [0.15, 0.2) is 46.4 Å². The van der Waals surface area contributed by atoms with Crippen molar-refractivity contribution in [2.24, 2.45) is 9.98 Å². The zero-order chi connectivity index (χ0) is 16.2. The van der Waals surface area contributed by atoms with Crippen molar-refractivity contribution in [2.45, 2.75) is 11.5 Å². The van der Waals surface area contributed by atoms with Crippen LogP contribution in [-0.2, 0) is 11.5 Å². The summed E-state index contributed by atoms with van der Waals surface area (Å²) in [5.74, 6) is 1.90. The van der Waals surface area contributed by atoms with Crippen molar-refractivity contribution in [3.05, 3.63) is 47.5 Å². The van der Waals surface area contributed by atoms with Gasteiger partial charge >= 0.3 is 0 Å². The number of nitrogens with one attached hydrogen (secondary N) is 2. The average molecular weight is 357 g/mol. The maximum atomic E-state index is 4.47. The predicted octanol–water partition coefficient (Wildman–Crippen LogP) is 3.22. The lowest BCUT2D eigenvalue weighted by Gasteiger charge is -2.11. The van der Waals surface area contributed by atoms with Crippen LogP contribution in [0.1, 0.15) is 11.1 Å². The molecule has 2 aromatic carbocycles. The van der Waals surface area contributed by atoms with E-state index in [-0.39, 0.29) is 0 Å². The van der Waals surface area contributed by atoms with Crippen molar-refractivity contribution in [3.8, 4) is 0 Å². The molecule has 0 saturated heterocycles. The van der Waals surface area contributed by atoms with Crippen LogP contribution in [0.25, 0.3) is 10.8 Å². The number of fused-ring (bicyclic) bond motifs is 1. The van der Waals surface area contributed by atoms with Crippen LogP contribution in [0.5, 0.6) is 0 Å². The van der Waals surface area contributed by atoms with Gasteiger partial charge in [0, 0.05) is 24.6 Å². The van der Waals surface area contributed by atoms with Gasteiger partial charge in [0.2, 0.25) is 0 Å². The Labute approximate surface area is 150 Å². The summed E-state index contributed by atoms with van der Waals surface area (Å²) in [5.41, 5.74) is 2.74. The third-order valence-electron chi connectivity index (χ3n) is 4.12. The first-order chi connectivity index (χ1) is 11.9. The minimum absolute atomic E-state index is 0.900. The van der Waals surface area contributed by atoms with Crippen LogP contribution < -0.4 is 10.6 Å². The van der Waals surface area contributed by atoms with Crippen molar-refractivity contribution in [2.75, 3.05) is 26.2 Å². The van der Waals surface area contributed by atoms with Gasteiger partial charge in [0.1, 0.15) is 0 Å². The fourth-order valence-electron chi connectivity index (χ4n) is 2.93. The second-order valence-electron chi connectivity index (χ2n) is 5.73. The lowest BCUT2D eigenvalue weighted by molar-refractivity contribution is 0.963. The Kier molecular flexibility index (Phi) is 4.94. The number of rotatable bonds is 4. The molecular formula is C18H20N4S2. The summed E-state index contributed by atoms with van der Waals surface area (Å²) in [6, 6.07) is 13.3. The van der Waals surface area contributed by atoms with E-state index in [0.29, 0.717) is 0 Å². The molecule has 0 aliphatic carbocycles. The van der Waals surface area contributed by atoms with Gasteiger partial charge in [0.25, 0.3) is 0 Å². The molecule has 2 N–H and O–H groups in total. The first kappa shape index (κ1) is 15.8. The molecule has 2 heterocycles. The zero-order valence-electron chi connectivity index (χ0n) is 13.4. The fourth-order valence-corrected chi connectivity index (χ4v) is 4.79. The van der Waals surface area contributed by atoms with Crippen molar-refractivity contribution in [1.82, 2.24) is 10.6 Å². The monoisotopic (exact) mass is 356 g/mol. The Morgan fingerprint density at radius 1 is 0.750 bits per heavy atom. The molecule has 0 bridgehead atoms. The minimum atomic E-state index is 0.900. The van der Waals surface area contributed by atoms with Crippen LogP contribution >= 0.6 is 23.5 Å². The highest BCUT2D eigenvalue weighted by molar-refractivity contribution is 8.13. The molecule has 2 aromatic rings. The van der Waals surface area contributed by atoms with Crippen LogP contribution in [-0.4, -0.2) is 36.5 Å². The molecule has 124 valence electrons. The molecular weight excluding hydrogens is 336 g/mol. The number of amidine groups is 2. The number of hydrogen-bond acceptors (Lipinski definition) is 6.